The zero-order chi connectivity index (χ0) is 37.5. The molecule has 16 heteroatoms. The van der Waals surface area contributed by atoms with E-state index in [1.807, 2.05) is 0 Å². The van der Waals surface area contributed by atoms with E-state index in [4.69, 9.17) is 39.0 Å². The van der Waals surface area contributed by atoms with Crippen molar-refractivity contribution in [1.82, 2.24) is 9.13 Å². The minimum absolute atomic E-state index is 0.0616. The summed E-state index contributed by atoms with van der Waals surface area (Å²) in [5.41, 5.74) is -3.94. The van der Waals surface area contributed by atoms with Crippen LogP contribution in [0.25, 0.3) is 0 Å². The lowest BCUT2D eigenvalue weighted by Gasteiger charge is -2.53. The van der Waals surface area contributed by atoms with Gasteiger partial charge in [0.25, 0.3) is 11.5 Å². The molecule has 0 radical (unpaired) electrons. The van der Waals surface area contributed by atoms with Crippen molar-refractivity contribution in [3.63, 3.8) is 0 Å². The van der Waals surface area contributed by atoms with Gasteiger partial charge >= 0.3 is 21.0 Å². The van der Waals surface area contributed by atoms with Crippen LogP contribution in [0.5, 0.6) is 0 Å². The summed E-state index contributed by atoms with van der Waals surface area (Å²) >= 11 is 6.05. The highest BCUT2D eigenvalue weighted by atomic mass is 32.5. The number of nitrogens with zero attached hydrogens (tertiary/aromatic N) is 4. The summed E-state index contributed by atoms with van der Waals surface area (Å²) in [7, 11) is -3.18. The summed E-state index contributed by atoms with van der Waals surface area (Å²) < 4.78 is 41.3. The van der Waals surface area contributed by atoms with Crippen LogP contribution in [0, 0.1) is 22.7 Å². The molecular weight excluding hydrogens is 700 g/mol. The van der Waals surface area contributed by atoms with Crippen LogP contribution in [0.3, 0.4) is 0 Å². The Morgan fingerprint density at radius 2 is 1.48 bits per heavy atom. The number of benzene rings is 1. The van der Waals surface area contributed by atoms with Gasteiger partial charge in [0.05, 0.1) is 42.8 Å². The Morgan fingerprint density at radius 3 is 1.98 bits per heavy atom. The maximum Gasteiger partial charge on any atom is 0.349 e. The molecule has 2 aromatic rings. The Morgan fingerprint density at radius 1 is 0.940 bits per heavy atom. The second-order valence-corrected chi connectivity index (χ2v) is 23.4. The molecule has 1 aromatic heterocycles. The Kier molecular flexibility index (Phi) is 11.4. The first-order chi connectivity index (χ1) is 23.0. The highest BCUT2D eigenvalue weighted by Crippen LogP contribution is 2.61. The predicted octanol–water partition coefficient (Wildman–Crippen LogP) is 6.08. The fraction of sp³-hybridized carbons (Fsp3) is 0.618. The minimum Gasteiger partial charge on any atom is -0.391 e. The van der Waals surface area contributed by atoms with Crippen molar-refractivity contribution >= 4 is 33.0 Å². The van der Waals surface area contributed by atoms with Gasteiger partial charge in [0.15, 0.2) is 6.23 Å². The molecule has 3 heterocycles. The third-order valence-corrected chi connectivity index (χ3v) is 16.3. The quantitative estimate of drug-likeness (QED) is 0.204. The van der Waals surface area contributed by atoms with Gasteiger partial charge in [-0.3, -0.25) is 18.7 Å². The van der Waals surface area contributed by atoms with Gasteiger partial charge in [0.1, 0.15) is 18.3 Å². The third kappa shape index (κ3) is 8.12. The van der Waals surface area contributed by atoms with Gasteiger partial charge in [0.2, 0.25) is 0 Å². The zero-order valence-corrected chi connectivity index (χ0v) is 33.0. The summed E-state index contributed by atoms with van der Waals surface area (Å²) in [5, 5.41) is 18.2. The smallest absolute Gasteiger partial charge is 0.349 e. The SMILES string of the molecule is CC(C)(CC#N)OP(=S)(O[C@@H]1[C@@H]2O[Si](C(C)(C)C)(C(C)(C)C)OC[C@H]2O[C@H]1n1ccc(=O)n(C(=O)c2ccccc2)c1=O)OC(C)(C)CC#N. The van der Waals surface area contributed by atoms with Crippen LogP contribution in [0.1, 0.15) is 98.7 Å². The molecule has 0 N–H and O–H groups in total. The zero-order valence-electron chi connectivity index (χ0n) is 30.3. The summed E-state index contributed by atoms with van der Waals surface area (Å²) in [6, 6.07) is 13.3. The fourth-order valence-electron chi connectivity index (χ4n) is 6.50. The normalized spacial score (nSPS) is 22.7. The molecule has 0 bridgehead atoms. The summed E-state index contributed by atoms with van der Waals surface area (Å²) in [4.78, 5) is 40.7. The molecule has 4 rings (SSSR count). The van der Waals surface area contributed by atoms with Crippen molar-refractivity contribution in [2.45, 2.75) is 128 Å². The molecule has 2 aliphatic heterocycles. The highest BCUT2D eigenvalue weighted by molar-refractivity contribution is 8.07. The molecule has 13 nitrogen and oxygen atoms in total. The van der Waals surface area contributed by atoms with Crippen LogP contribution in [0.2, 0.25) is 10.1 Å². The molecule has 272 valence electrons. The lowest BCUT2D eigenvalue weighted by Crippen LogP contribution is -2.65. The molecule has 0 aliphatic carbocycles. The van der Waals surface area contributed by atoms with Crippen molar-refractivity contribution in [2.24, 2.45) is 0 Å². The van der Waals surface area contributed by atoms with Crippen molar-refractivity contribution in [3.05, 3.63) is 69.0 Å². The second kappa shape index (κ2) is 14.3. The van der Waals surface area contributed by atoms with E-state index in [0.717, 1.165) is 10.6 Å². The van der Waals surface area contributed by atoms with Gasteiger partial charge in [-0.25, -0.2) is 4.79 Å². The van der Waals surface area contributed by atoms with Crippen LogP contribution in [-0.2, 0) is 39.0 Å². The monoisotopic (exact) mass is 746 g/mol. The topological polar surface area (TPSA) is 164 Å². The lowest BCUT2D eigenvalue weighted by atomic mass is 10.1. The molecule has 0 spiro atoms. The van der Waals surface area contributed by atoms with Crippen LogP contribution < -0.4 is 11.2 Å². The average molecular weight is 747 g/mol. The Bertz CT molecular complexity index is 1790. The third-order valence-electron chi connectivity index (χ3n) is 8.50. The molecule has 0 unspecified atom stereocenters. The van der Waals surface area contributed by atoms with E-state index in [1.165, 1.54) is 18.3 Å². The number of fused-ring (bicyclic) bond motifs is 1. The molecular formula is C34H47N4O9PSSi. The first kappa shape index (κ1) is 40.0. The number of rotatable bonds is 10. The average Bonchev–Trinajstić information content (AvgIpc) is 3.31. The van der Waals surface area contributed by atoms with Crippen molar-refractivity contribution in [3.8, 4) is 12.1 Å². The van der Waals surface area contributed by atoms with Crippen LogP contribution >= 0.6 is 6.72 Å². The molecule has 2 fully saturated rings. The number of nitriles is 2. The van der Waals surface area contributed by atoms with E-state index in [9.17, 15) is 24.9 Å². The summed E-state index contributed by atoms with van der Waals surface area (Å²) in [5.74, 6) is -0.817. The number of aromatic nitrogens is 2. The van der Waals surface area contributed by atoms with Gasteiger partial charge in [-0.1, -0.05) is 59.7 Å². The number of carbonyl (C=O) groups is 1. The van der Waals surface area contributed by atoms with Gasteiger partial charge in [0, 0.05) is 27.9 Å². The molecule has 0 saturated carbocycles. The molecule has 2 saturated heterocycles. The van der Waals surface area contributed by atoms with E-state index < -0.39 is 78.3 Å². The summed E-state index contributed by atoms with van der Waals surface area (Å²) in [6.07, 6.45) is -3.02. The Hall–Kier alpha value is -2.82. The molecule has 2 aliphatic rings. The Balaban J connectivity index is 1.92. The predicted molar refractivity (Wildman–Crippen MR) is 191 cm³/mol. The van der Waals surface area contributed by atoms with Crippen LogP contribution in [0.4, 0.5) is 0 Å². The first-order valence-electron chi connectivity index (χ1n) is 16.4. The van der Waals surface area contributed by atoms with Gasteiger partial charge in [-0.15, -0.1) is 0 Å². The van der Waals surface area contributed by atoms with Gasteiger partial charge < -0.3 is 22.6 Å². The maximum absolute atomic E-state index is 14.1. The number of ether oxygens (including phenoxy) is 1. The van der Waals surface area contributed by atoms with Gasteiger partial charge in [-0.05, 0) is 51.6 Å². The Labute approximate surface area is 299 Å². The minimum atomic E-state index is -3.92. The van der Waals surface area contributed by atoms with Crippen molar-refractivity contribution in [2.75, 3.05) is 6.61 Å². The standard InChI is InChI=1S/C34H47N4O9PSSi/c1-31(2,3)50(32(4,5)6)42-22-24-26(45-50)27(44-48(49,46-33(7,8)17-19-35)47-34(9,10)18-20-36)29(43-24)37-21-16-25(39)38(30(37)41)28(40)23-14-12-11-13-15-23/h11-16,21,24,26-27,29H,17-18,22H2,1-10H3/t24-,26-,27-,29-/m1/s1. The first-order valence-corrected chi connectivity index (χ1v) is 20.7. The highest BCUT2D eigenvalue weighted by Gasteiger charge is 2.66. The number of carbonyl (C=O) groups excluding carboxylic acids is 1. The van der Waals surface area contributed by atoms with Gasteiger partial charge in [-0.2, -0.15) is 15.1 Å². The molecule has 1 aromatic carbocycles. The van der Waals surface area contributed by atoms with Crippen LogP contribution in [-0.4, -0.2) is 59.7 Å². The number of hydrogen-bond acceptors (Lipinski definition) is 12. The largest absolute Gasteiger partial charge is 0.391 e. The second-order valence-electron chi connectivity index (χ2n) is 15.8. The van der Waals surface area contributed by atoms with E-state index in [-0.39, 0.29) is 25.0 Å². The van der Waals surface area contributed by atoms with E-state index in [1.54, 1.807) is 45.9 Å². The number of hydrogen-bond donors (Lipinski definition) is 0. The molecule has 4 atom stereocenters. The van der Waals surface area contributed by atoms with E-state index in [0.29, 0.717) is 4.57 Å². The lowest BCUT2D eigenvalue weighted by molar-refractivity contribution is -0.0810. The maximum atomic E-state index is 14.1. The molecule has 0 amide bonds. The van der Waals surface area contributed by atoms with Crippen molar-refractivity contribution in [1.29, 1.82) is 10.5 Å². The summed E-state index contributed by atoms with van der Waals surface area (Å²) in [6.45, 7) is 15.2. The van der Waals surface area contributed by atoms with Crippen LogP contribution in [0.15, 0.2) is 52.2 Å². The van der Waals surface area contributed by atoms with Crippen molar-refractivity contribution < 1.29 is 32.0 Å². The van der Waals surface area contributed by atoms with E-state index >= 15 is 0 Å². The molecule has 50 heavy (non-hydrogen) atoms. The van der Waals surface area contributed by atoms with E-state index in [2.05, 4.69) is 53.7 Å². The fourth-order valence-corrected chi connectivity index (χ4v) is 15.0.